The lowest BCUT2D eigenvalue weighted by atomic mass is 9.36. The molecule has 0 bridgehead atoms. The van der Waals surface area contributed by atoms with Crippen molar-refractivity contribution in [2.45, 2.75) is 113 Å². The van der Waals surface area contributed by atoms with E-state index in [2.05, 4.69) is 47.6 Å². The molecule has 9 atom stereocenters. The maximum absolute atomic E-state index is 12.9. The van der Waals surface area contributed by atoms with E-state index < -0.39 is 23.6 Å². The van der Waals surface area contributed by atoms with E-state index in [1.807, 2.05) is 0 Å². The van der Waals surface area contributed by atoms with Crippen LogP contribution in [0, 0.1) is 50.7 Å². The molecule has 0 radical (unpaired) electrons. The van der Waals surface area contributed by atoms with Gasteiger partial charge in [-0.05, 0) is 86.4 Å². The average molecular weight is 489 g/mol. The van der Waals surface area contributed by atoms with Crippen LogP contribution in [0.5, 0.6) is 0 Å². The number of hydrogen-bond acceptors (Lipinski definition) is 4. The molecule has 0 heterocycles. The van der Waals surface area contributed by atoms with E-state index >= 15 is 0 Å². The molecular weight excluding hydrogens is 440 g/mol. The van der Waals surface area contributed by atoms with Crippen LogP contribution in [0.4, 0.5) is 0 Å². The lowest BCUT2D eigenvalue weighted by Crippen LogP contribution is -2.64. The predicted molar refractivity (Wildman–Crippen MR) is 137 cm³/mol. The van der Waals surface area contributed by atoms with Gasteiger partial charge < -0.3 is 15.3 Å². The van der Waals surface area contributed by atoms with E-state index in [1.165, 1.54) is 5.57 Å². The molecule has 3 fully saturated rings. The van der Waals surface area contributed by atoms with Gasteiger partial charge in [-0.15, -0.1) is 0 Å². The van der Waals surface area contributed by atoms with E-state index in [9.17, 15) is 24.9 Å². The first-order valence-electron chi connectivity index (χ1n) is 13.8. The van der Waals surface area contributed by atoms with Gasteiger partial charge in [-0.25, -0.2) is 0 Å². The molecule has 5 heteroatoms. The van der Waals surface area contributed by atoms with Gasteiger partial charge >= 0.3 is 5.97 Å². The van der Waals surface area contributed by atoms with Gasteiger partial charge in [0.05, 0.1) is 17.6 Å². The molecule has 3 N–H and O–H groups in total. The number of carbonyl (C=O) groups excluding carboxylic acids is 1. The summed E-state index contributed by atoms with van der Waals surface area (Å²) in [4.78, 5) is 24.5. The number of aliphatic hydroxyl groups excluding tert-OH is 2. The number of ketones is 1. The van der Waals surface area contributed by atoms with Crippen molar-refractivity contribution in [1.82, 2.24) is 0 Å². The molecule has 4 aliphatic rings. The average Bonchev–Trinajstić information content (AvgIpc) is 3.08. The Labute approximate surface area is 211 Å². The van der Waals surface area contributed by atoms with Crippen LogP contribution in [-0.2, 0) is 9.59 Å². The first-order chi connectivity index (χ1) is 15.9. The van der Waals surface area contributed by atoms with Crippen LogP contribution < -0.4 is 0 Å². The Balaban J connectivity index is 1.68. The number of rotatable bonds is 5. The summed E-state index contributed by atoms with van der Waals surface area (Å²) >= 11 is 0. The maximum atomic E-state index is 12.9. The SMILES string of the molecule is C[C@H](C[C@H](O)C(C)(C)C(=O)O)[C@@H]1CC[C@@]2(C)C1=C[C@H](O)[C@H]1[C@@]3(C)CCC(=O)C(C)(C)[C@@H]3CC[C@@]12C. The fourth-order valence-corrected chi connectivity index (χ4v) is 9.58. The van der Waals surface area contributed by atoms with Gasteiger partial charge in [-0.3, -0.25) is 9.59 Å². The monoisotopic (exact) mass is 488 g/mol. The van der Waals surface area contributed by atoms with E-state index in [-0.39, 0.29) is 45.3 Å². The largest absolute Gasteiger partial charge is 0.481 e. The number of Topliss-reactive ketones (excluding diaryl/α,β-unsaturated/α-hetero) is 1. The van der Waals surface area contributed by atoms with Crippen molar-refractivity contribution in [2.24, 2.45) is 50.7 Å². The molecule has 3 saturated carbocycles. The molecule has 5 nitrogen and oxygen atoms in total. The summed E-state index contributed by atoms with van der Waals surface area (Å²) in [5.74, 6) is 0.153. The van der Waals surface area contributed by atoms with Gasteiger partial charge in [-0.1, -0.05) is 53.2 Å². The number of fused-ring (bicyclic) bond motifs is 5. The number of aliphatic hydroxyl groups is 2. The molecular formula is C30H48O5. The normalized spacial score (nSPS) is 44.5. The van der Waals surface area contributed by atoms with Crippen LogP contribution in [0.3, 0.4) is 0 Å². The minimum absolute atomic E-state index is 0.0390. The zero-order valence-corrected chi connectivity index (χ0v) is 23.1. The summed E-state index contributed by atoms with van der Waals surface area (Å²) in [5, 5.41) is 32.1. The third-order valence-electron chi connectivity index (χ3n) is 12.2. The summed E-state index contributed by atoms with van der Waals surface area (Å²) in [6.45, 7) is 16.7. The maximum Gasteiger partial charge on any atom is 0.311 e. The lowest BCUT2D eigenvalue weighted by molar-refractivity contribution is -0.195. The van der Waals surface area contributed by atoms with E-state index in [0.717, 1.165) is 32.1 Å². The third-order valence-corrected chi connectivity index (χ3v) is 12.2. The molecule has 0 aromatic heterocycles. The van der Waals surface area contributed by atoms with Crippen molar-refractivity contribution in [1.29, 1.82) is 0 Å². The van der Waals surface area contributed by atoms with Crippen LogP contribution in [0.1, 0.15) is 100 Å². The smallest absolute Gasteiger partial charge is 0.311 e. The first kappa shape index (κ1) is 26.9. The fraction of sp³-hybridized carbons (Fsp3) is 0.867. The van der Waals surface area contributed by atoms with Gasteiger partial charge in [0.2, 0.25) is 0 Å². The summed E-state index contributed by atoms with van der Waals surface area (Å²) in [6.07, 6.45) is 6.65. The number of allylic oxidation sites excluding steroid dienone is 1. The topological polar surface area (TPSA) is 94.8 Å². The molecule has 0 aromatic carbocycles. The minimum atomic E-state index is -1.19. The summed E-state index contributed by atoms with van der Waals surface area (Å²) in [6, 6.07) is 0. The van der Waals surface area contributed by atoms with Crippen molar-refractivity contribution < 1.29 is 24.9 Å². The van der Waals surface area contributed by atoms with Gasteiger partial charge in [0.1, 0.15) is 5.78 Å². The molecule has 4 aliphatic carbocycles. The number of carbonyl (C=O) groups is 2. The summed E-state index contributed by atoms with van der Waals surface area (Å²) < 4.78 is 0. The quantitative estimate of drug-likeness (QED) is 0.436. The second-order valence-electron chi connectivity index (χ2n) is 14.5. The Morgan fingerprint density at radius 3 is 2.34 bits per heavy atom. The van der Waals surface area contributed by atoms with Crippen LogP contribution in [0.2, 0.25) is 0 Å². The Hall–Kier alpha value is -1.20. The van der Waals surface area contributed by atoms with Crippen molar-refractivity contribution in [3.63, 3.8) is 0 Å². The summed E-state index contributed by atoms with van der Waals surface area (Å²) in [7, 11) is 0. The van der Waals surface area contributed by atoms with Crippen molar-refractivity contribution in [3.05, 3.63) is 11.6 Å². The Morgan fingerprint density at radius 2 is 1.74 bits per heavy atom. The van der Waals surface area contributed by atoms with E-state index in [1.54, 1.807) is 13.8 Å². The van der Waals surface area contributed by atoms with Crippen molar-refractivity contribution >= 4 is 11.8 Å². The number of aliphatic carboxylic acids is 1. The molecule has 0 saturated heterocycles. The number of carboxylic acids is 1. The van der Waals surface area contributed by atoms with Gasteiger partial charge in [0, 0.05) is 17.8 Å². The van der Waals surface area contributed by atoms with E-state index in [0.29, 0.717) is 18.6 Å². The number of carboxylic acid groups (broad SMARTS) is 1. The van der Waals surface area contributed by atoms with Crippen molar-refractivity contribution in [3.8, 4) is 0 Å². The predicted octanol–water partition coefficient (Wildman–Crippen LogP) is 5.63. The second kappa shape index (κ2) is 8.15. The van der Waals surface area contributed by atoms with Crippen LogP contribution >= 0.6 is 0 Å². The molecule has 35 heavy (non-hydrogen) atoms. The molecule has 0 aliphatic heterocycles. The summed E-state index contributed by atoms with van der Waals surface area (Å²) in [5.41, 5.74) is -0.399. The highest BCUT2D eigenvalue weighted by atomic mass is 16.4. The molecule has 4 rings (SSSR count). The highest BCUT2D eigenvalue weighted by Crippen LogP contribution is 2.74. The zero-order chi connectivity index (χ0) is 26.4. The fourth-order valence-electron chi connectivity index (χ4n) is 9.58. The number of hydrogen-bond donors (Lipinski definition) is 3. The minimum Gasteiger partial charge on any atom is -0.481 e. The Morgan fingerprint density at radius 1 is 1.11 bits per heavy atom. The Bertz CT molecular complexity index is 933. The van der Waals surface area contributed by atoms with Gasteiger partial charge in [0.15, 0.2) is 0 Å². The van der Waals surface area contributed by atoms with Crippen LogP contribution in [0.25, 0.3) is 0 Å². The van der Waals surface area contributed by atoms with Gasteiger partial charge in [0.25, 0.3) is 0 Å². The van der Waals surface area contributed by atoms with Crippen LogP contribution in [0.15, 0.2) is 11.6 Å². The molecule has 0 unspecified atom stereocenters. The second-order valence-corrected chi connectivity index (χ2v) is 14.5. The standard InChI is InChI=1S/C30H48O5/c1-17(15-23(33)27(4,5)25(34)35)18-9-13-29(7)19(18)16-20(31)24-28(6)12-11-22(32)26(2,3)21(28)10-14-30(24,29)8/h16-18,20-21,23-24,31,33H,9-15H2,1-8H3,(H,34,35)/t17-,18+,20+,21+,23+,24+,28+,29+,30+/m1/s1. The highest BCUT2D eigenvalue weighted by Gasteiger charge is 2.69. The zero-order valence-electron chi connectivity index (χ0n) is 23.1. The van der Waals surface area contributed by atoms with Gasteiger partial charge in [-0.2, -0.15) is 0 Å². The lowest BCUT2D eigenvalue weighted by Gasteiger charge is -2.68. The Kier molecular flexibility index (Phi) is 6.25. The van der Waals surface area contributed by atoms with E-state index in [4.69, 9.17) is 0 Å². The molecule has 0 spiro atoms. The third kappa shape index (κ3) is 3.54. The van der Waals surface area contributed by atoms with Crippen LogP contribution in [-0.4, -0.2) is 39.3 Å². The molecule has 0 amide bonds. The first-order valence-corrected chi connectivity index (χ1v) is 13.8. The van der Waals surface area contributed by atoms with Crippen molar-refractivity contribution in [2.75, 3.05) is 0 Å². The molecule has 0 aromatic rings. The molecule has 198 valence electrons. The highest BCUT2D eigenvalue weighted by molar-refractivity contribution is 5.85.